The van der Waals surface area contributed by atoms with E-state index in [4.69, 9.17) is 9.98 Å². The van der Waals surface area contributed by atoms with Gasteiger partial charge in [-0.15, -0.1) is 11.5 Å². The van der Waals surface area contributed by atoms with E-state index in [1.165, 1.54) is 269 Å². The van der Waals surface area contributed by atoms with E-state index in [0.29, 0.717) is 57.8 Å². The molecule has 0 unspecified atom stereocenters. The molecule has 0 saturated carbocycles. The van der Waals surface area contributed by atoms with Gasteiger partial charge in [0.25, 0.3) is 0 Å². The fourth-order valence-corrected chi connectivity index (χ4v) is 14.1. The maximum atomic E-state index is 13.9. The Morgan fingerprint density at radius 1 is 0.311 bits per heavy atom. The minimum atomic E-state index is -0.412. The van der Waals surface area contributed by atoms with Crippen LogP contribution in [0, 0.1) is 0 Å². The summed E-state index contributed by atoms with van der Waals surface area (Å²) >= 11 is 0. The number of benzene rings is 3. The van der Waals surface area contributed by atoms with Gasteiger partial charge in [0.05, 0.1) is 22.8 Å². The van der Waals surface area contributed by atoms with Crippen LogP contribution in [0.3, 0.4) is 0 Å². The standard InChI is InChI=1S/C85H144N2O4.C9H12O2.Ni/c1-7-13-18-23-28-33-34-35-36-37-38-39-40-41-42-43-48-53-58-63-85(87-79-67-65-75(71-81(89)60-55-50-45-30-25-20-15-9-3)77(69-79)73-83(91)62-57-52-47-32-27-22-17-11-5)84(12-6)86-78-66-64-74(70-80(88)59-54-49-44-29-24-19-14-8-2)76(68-78)72-82(90)61-56-51-46-31-26-21-16-10-4;1-2-3-7-4-5-8(10)9(11)6-7;/h58,63-69H,7-57,59-62,70-73H2,1-6H3;4-6,10-11H,2-3H2,1H3;/q;;+2/p-2. The third-order valence-electron chi connectivity index (χ3n) is 20.6. The third-order valence-corrected chi connectivity index (χ3v) is 20.6. The molecule has 0 aromatic heterocycles. The van der Waals surface area contributed by atoms with Gasteiger partial charge in [0.1, 0.15) is 23.1 Å². The van der Waals surface area contributed by atoms with Crippen LogP contribution in [0.25, 0.3) is 0 Å². The van der Waals surface area contributed by atoms with Crippen LogP contribution in [0.2, 0.25) is 0 Å². The molecule has 0 aliphatic rings. The molecule has 0 N–H and O–H groups in total. The number of rotatable bonds is 69. The van der Waals surface area contributed by atoms with Crippen molar-refractivity contribution in [3.63, 3.8) is 0 Å². The molecule has 0 heterocycles. The molecule has 0 spiro atoms. The fraction of sp³-hybridized carbons (Fsp3) is 0.723. The number of nitrogens with zero attached hydrogens (tertiary/aromatic N) is 2. The second-order valence-corrected chi connectivity index (χ2v) is 30.5. The van der Waals surface area contributed by atoms with Gasteiger partial charge in [-0.25, -0.2) is 4.99 Å². The van der Waals surface area contributed by atoms with E-state index in [-0.39, 0.29) is 39.6 Å². The minimum absolute atomic E-state index is 0. The van der Waals surface area contributed by atoms with Crippen molar-refractivity contribution in [3.8, 4) is 11.5 Å². The van der Waals surface area contributed by atoms with Crippen molar-refractivity contribution in [3.05, 3.63) is 94.6 Å². The van der Waals surface area contributed by atoms with Crippen LogP contribution in [0.5, 0.6) is 11.5 Å². The summed E-state index contributed by atoms with van der Waals surface area (Å²) in [6.07, 6.45) is 72.9. The van der Waals surface area contributed by atoms with Crippen LogP contribution in [0.1, 0.15) is 436 Å². The van der Waals surface area contributed by atoms with E-state index in [0.717, 1.165) is 128 Å². The second kappa shape index (κ2) is 69.3. The number of hydrogen-bond donors (Lipinski definition) is 0. The summed E-state index contributed by atoms with van der Waals surface area (Å²) in [7, 11) is 0. The second-order valence-electron chi connectivity index (χ2n) is 30.5. The molecule has 9 heteroatoms. The van der Waals surface area contributed by atoms with E-state index < -0.39 is 11.5 Å². The average molecular weight is 1470 g/mol. The zero-order chi connectivity index (χ0) is 74.0. The summed E-state index contributed by atoms with van der Waals surface area (Å²) < 4.78 is 0. The zero-order valence-corrected chi connectivity index (χ0v) is 68.6. The summed E-state index contributed by atoms with van der Waals surface area (Å²) in [6, 6.07) is 16.8. The first-order valence-corrected chi connectivity index (χ1v) is 43.5. The molecule has 3 aromatic rings. The molecule has 586 valence electrons. The predicted octanol–water partition coefficient (Wildman–Crippen LogP) is 27.9. The van der Waals surface area contributed by atoms with Crippen molar-refractivity contribution >= 4 is 45.9 Å². The molecule has 0 saturated heterocycles. The van der Waals surface area contributed by atoms with Crippen LogP contribution < -0.4 is 10.2 Å². The molecule has 0 radical (unpaired) electrons. The summed E-state index contributed by atoms with van der Waals surface area (Å²) in [5.41, 5.74) is 7.90. The molecule has 0 fully saturated rings. The smallest absolute Gasteiger partial charge is 0.873 e. The Balaban J connectivity index is 0.00000401. The molecule has 0 bridgehead atoms. The number of aliphatic imine (C=N–C) groups is 2. The third kappa shape index (κ3) is 53.9. The SMILES string of the molecule is CCCCCCCCCCCCCCCCCCCC=CC(=Nc1ccc(CC(=O)CCCCCCCCCC)c(CC(=O)CCCCCCCCCC)c1)C(CC)=Nc1ccc(CC(=O)CCCCCCCCCC)c(CC(=O)CCCCCCCCCC)c1.CCCc1ccc([O-])c([O-])c1.[Ni+2]. The van der Waals surface area contributed by atoms with Gasteiger partial charge in [-0.2, -0.15) is 0 Å². The molecular weight excluding hydrogens is 1310 g/mol. The fourth-order valence-electron chi connectivity index (χ4n) is 14.1. The largest absolute Gasteiger partial charge is 2.00 e. The van der Waals surface area contributed by atoms with Crippen LogP contribution in [-0.4, -0.2) is 34.6 Å². The summed E-state index contributed by atoms with van der Waals surface area (Å²) in [5, 5.41) is 21.5. The summed E-state index contributed by atoms with van der Waals surface area (Å²) in [6.45, 7) is 15.5. The minimum Gasteiger partial charge on any atom is -0.873 e. The quantitative estimate of drug-likeness (QED) is 0.0313. The predicted molar refractivity (Wildman–Crippen MR) is 438 cm³/mol. The molecule has 3 aromatic carbocycles. The van der Waals surface area contributed by atoms with Crippen molar-refractivity contribution in [1.82, 2.24) is 0 Å². The number of aryl methyl sites for hydroxylation is 1. The maximum absolute atomic E-state index is 13.9. The van der Waals surface area contributed by atoms with Crippen molar-refractivity contribution < 1.29 is 45.9 Å². The van der Waals surface area contributed by atoms with Crippen molar-refractivity contribution in [2.24, 2.45) is 9.98 Å². The first kappa shape index (κ1) is 96.5. The normalized spacial score (nSPS) is 11.7. The van der Waals surface area contributed by atoms with Crippen LogP contribution in [0.15, 0.2) is 76.7 Å². The average Bonchev–Trinajstić information content (AvgIpc) is 0.840. The van der Waals surface area contributed by atoms with Gasteiger partial charge in [0.15, 0.2) is 0 Å². The van der Waals surface area contributed by atoms with E-state index in [1.807, 2.05) is 19.1 Å². The number of hydrogen-bond acceptors (Lipinski definition) is 8. The van der Waals surface area contributed by atoms with E-state index in [1.54, 1.807) is 6.07 Å². The Morgan fingerprint density at radius 2 is 0.602 bits per heavy atom. The van der Waals surface area contributed by atoms with Gasteiger partial charge in [-0.3, -0.25) is 24.2 Å². The monoisotopic (exact) mass is 1470 g/mol. The molecular formula is C94H154N2NiO6. The topological polar surface area (TPSA) is 139 Å². The van der Waals surface area contributed by atoms with Crippen LogP contribution in [-0.2, 0) is 67.8 Å². The summed E-state index contributed by atoms with van der Waals surface area (Å²) in [4.78, 5) is 65.8. The van der Waals surface area contributed by atoms with Gasteiger partial charge < -0.3 is 10.2 Å². The van der Waals surface area contributed by atoms with Gasteiger partial charge in [0.2, 0.25) is 0 Å². The van der Waals surface area contributed by atoms with Crippen molar-refractivity contribution in [2.75, 3.05) is 0 Å². The summed E-state index contributed by atoms with van der Waals surface area (Å²) in [5.74, 6) is 0.167. The number of allylic oxidation sites excluding steroid dienone is 2. The Labute approximate surface area is 644 Å². The van der Waals surface area contributed by atoms with Crippen LogP contribution >= 0.6 is 0 Å². The first-order valence-electron chi connectivity index (χ1n) is 43.5. The Kier molecular flexibility index (Phi) is 64.9. The van der Waals surface area contributed by atoms with E-state index >= 15 is 0 Å². The number of carbonyl (C=O) groups is 4. The van der Waals surface area contributed by atoms with Gasteiger partial charge in [0, 0.05) is 51.4 Å². The van der Waals surface area contributed by atoms with Crippen LogP contribution in [0.4, 0.5) is 11.4 Å². The molecule has 103 heavy (non-hydrogen) atoms. The molecule has 0 amide bonds. The van der Waals surface area contributed by atoms with Crippen molar-refractivity contribution in [1.29, 1.82) is 0 Å². The molecule has 0 aliphatic heterocycles. The Bertz CT molecular complexity index is 2670. The van der Waals surface area contributed by atoms with Gasteiger partial charge in [-0.05, 0) is 110 Å². The first-order chi connectivity index (χ1) is 49.9. The number of unbranched alkanes of at least 4 members (excludes halogenated alkanes) is 45. The van der Waals surface area contributed by atoms with Crippen molar-refractivity contribution in [2.45, 2.75) is 440 Å². The maximum Gasteiger partial charge on any atom is 2.00 e. The molecule has 0 aliphatic carbocycles. The van der Waals surface area contributed by atoms with Gasteiger partial charge in [-0.1, -0.05) is 374 Å². The Morgan fingerprint density at radius 3 is 0.903 bits per heavy atom. The number of ketones is 4. The van der Waals surface area contributed by atoms with E-state index in [2.05, 4.69) is 78.0 Å². The molecule has 3 rings (SSSR count). The molecule has 0 atom stereocenters. The zero-order valence-electron chi connectivity index (χ0n) is 67.6. The number of Topliss-reactive ketones (excluding diaryl/α,β-unsaturated/α-hetero) is 4. The number of carbonyl (C=O) groups excluding carboxylic acids is 4. The Hall–Kier alpha value is -4.49. The molecule has 8 nitrogen and oxygen atoms in total. The van der Waals surface area contributed by atoms with E-state index in [9.17, 15) is 29.4 Å². The van der Waals surface area contributed by atoms with Gasteiger partial charge >= 0.3 is 16.5 Å².